The minimum Gasteiger partial charge on any atom is -0.507 e. The van der Waals surface area contributed by atoms with Crippen LogP contribution in [0, 0.1) is 13.8 Å². The van der Waals surface area contributed by atoms with Crippen LogP contribution in [-0.2, 0) is 32.5 Å². The van der Waals surface area contributed by atoms with Crippen LogP contribution in [0.4, 0.5) is 0 Å². The van der Waals surface area contributed by atoms with Crippen molar-refractivity contribution in [3.8, 4) is 134 Å². The van der Waals surface area contributed by atoms with Gasteiger partial charge in [-0.15, -0.1) is 0 Å². The molecular weight excluding hydrogens is 1370 g/mol. The Morgan fingerprint density at radius 2 is 0.788 bits per heavy atom. The first-order valence-corrected chi connectivity index (χ1v) is 40.2. The monoisotopic (exact) mass is 1470 g/mol. The van der Waals surface area contributed by atoms with Gasteiger partial charge in [0.2, 0.25) is 0 Å². The molecule has 0 unspecified atom stereocenters. The van der Waals surface area contributed by atoms with E-state index in [1.54, 1.807) is 0 Å². The third kappa shape index (κ3) is 12.8. The number of phenols is 1. The van der Waals surface area contributed by atoms with Crippen LogP contribution in [0.15, 0.2) is 283 Å². The molecule has 0 spiro atoms. The average Bonchev–Trinajstić information content (AvgIpc) is 1.62. The van der Waals surface area contributed by atoms with Gasteiger partial charge in [0.25, 0.3) is 0 Å². The molecule has 0 fully saturated rings. The highest BCUT2D eigenvalue weighted by molar-refractivity contribution is 6.17. The fourth-order valence-electron chi connectivity index (χ4n) is 17.6. The summed E-state index contributed by atoms with van der Waals surface area (Å²) in [6.07, 6.45) is 0. The predicted octanol–water partition coefficient (Wildman–Crippen LogP) is 29.7. The van der Waals surface area contributed by atoms with Gasteiger partial charge in [-0.2, -0.15) is 0 Å². The molecule has 1 N–H and O–H groups in total. The summed E-state index contributed by atoms with van der Waals surface area (Å²) in [4.78, 5) is 12.2. The summed E-state index contributed by atoms with van der Waals surface area (Å²) in [6.45, 7) is 41.5. The van der Waals surface area contributed by atoms with Crippen LogP contribution in [0.5, 0.6) is 5.75 Å². The Kier molecular flexibility index (Phi) is 17.8. The van der Waals surface area contributed by atoms with Gasteiger partial charge in [0.05, 0.1) is 22.4 Å². The number of furan rings is 1. The van der Waals surface area contributed by atoms with E-state index in [4.69, 9.17) is 14.4 Å². The quantitative estimate of drug-likeness (QED) is 0.140. The topological polar surface area (TPSA) is 64.1 Å². The fourth-order valence-corrected chi connectivity index (χ4v) is 17.6. The van der Waals surface area contributed by atoms with Crippen LogP contribution in [0.3, 0.4) is 0 Å². The smallest absolute Gasteiger partial charge is 0.164 e. The van der Waals surface area contributed by atoms with Crippen LogP contribution >= 0.6 is 0 Å². The van der Waals surface area contributed by atoms with Crippen LogP contribution in [0.1, 0.15) is 155 Å². The van der Waals surface area contributed by atoms with Crippen molar-refractivity contribution in [1.82, 2.24) is 14.5 Å². The van der Waals surface area contributed by atoms with Gasteiger partial charge in [0.15, 0.2) is 5.82 Å². The molecule has 0 atom stereocenters. The van der Waals surface area contributed by atoms with Gasteiger partial charge in [-0.1, -0.05) is 341 Å². The van der Waals surface area contributed by atoms with E-state index < -0.39 is 0 Å². The maximum Gasteiger partial charge on any atom is 0.164 e. The number of nitrogens with zero attached hydrogens (tertiary/aromatic N) is 3. The lowest BCUT2D eigenvalue weighted by Crippen LogP contribution is -2.43. The molecule has 13 aromatic carbocycles. The van der Waals surface area contributed by atoms with E-state index in [0.717, 1.165) is 172 Å². The lowest BCUT2D eigenvalue weighted by molar-refractivity contribution is 0.296. The first kappa shape index (κ1) is 73.9. The SMILES string of the molecule is Cc1cccc(C)c1-n1c(-c2ccc3c(n2)-c2c(O)cccc2C(C)(C)C3(C)C)nc2c(-c3cc(-c4c(-c5cccc(C(C)(C)C)c5)cccc4-c4cc(-c5ccccc5)cc(C(C)(C)C)c4)c4oc5ccccc5c4c3)c(-c3c(-c4cccc(C(C)(C)C)c4)cccc3-c3cc(-c4ccccc4)cc(C(C)(C)C)c3)ccc21. The number of hydrogen-bond donors (Lipinski definition) is 1. The zero-order valence-corrected chi connectivity index (χ0v) is 68.8. The number of aryl methyl sites for hydroxylation is 2. The Bertz CT molecular complexity index is 6460. The van der Waals surface area contributed by atoms with Crippen molar-refractivity contribution >= 4 is 33.0 Å². The number of rotatable bonds is 11. The Balaban J connectivity index is 1.08. The number of phenolic OH excluding ortho intramolecular Hbond substituents is 1. The minimum absolute atomic E-state index is 0.145. The second kappa shape index (κ2) is 27.2. The molecule has 3 heterocycles. The molecule has 0 aliphatic heterocycles. The van der Waals surface area contributed by atoms with Gasteiger partial charge in [-0.25, -0.2) is 9.97 Å². The van der Waals surface area contributed by atoms with Crippen LogP contribution in [-0.4, -0.2) is 19.6 Å². The number of fused-ring (bicyclic) bond motifs is 7. The average molecular weight is 1470 g/mol. The van der Waals surface area contributed by atoms with Crippen LogP contribution in [0.25, 0.3) is 162 Å². The zero-order chi connectivity index (χ0) is 79.2. The lowest BCUT2D eigenvalue weighted by atomic mass is 9.56. The summed E-state index contributed by atoms with van der Waals surface area (Å²) < 4.78 is 9.95. The van der Waals surface area contributed by atoms with Crippen molar-refractivity contribution in [3.05, 3.63) is 324 Å². The molecule has 113 heavy (non-hydrogen) atoms. The van der Waals surface area contributed by atoms with Crippen molar-refractivity contribution in [3.63, 3.8) is 0 Å². The van der Waals surface area contributed by atoms with E-state index >= 15 is 0 Å². The summed E-state index contributed by atoms with van der Waals surface area (Å²) in [5, 5.41) is 14.3. The Morgan fingerprint density at radius 3 is 1.34 bits per heavy atom. The fraction of sp³-hybridized carbons (Fsp3) is 0.222. The van der Waals surface area contributed by atoms with Gasteiger partial charge in [0.1, 0.15) is 22.6 Å². The van der Waals surface area contributed by atoms with Crippen molar-refractivity contribution in [2.45, 2.75) is 157 Å². The number of imidazole rings is 1. The summed E-state index contributed by atoms with van der Waals surface area (Å²) in [5.41, 5.74) is 33.9. The van der Waals surface area contributed by atoms with Gasteiger partial charge in [-0.05, 0) is 217 Å². The molecule has 5 heteroatoms. The number of benzene rings is 13. The zero-order valence-electron chi connectivity index (χ0n) is 68.8. The third-order valence-electron chi connectivity index (χ3n) is 24.8. The summed E-state index contributed by atoms with van der Waals surface area (Å²) in [5.74, 6) is 0.895. The van der Waals surface area contributed by atoms with Crippen LogP contribution in [0.2, 0.25) is 0 Å². The predicted molar refractivity (Wildman–Crippen MR) is 478 cm³/mol. The van der Waals surface area contributed by atoms with E-state index in [0.29, 0.717) is 11.5 Å². The number of aromatic hydroxyl groups is 1. The molecule has 0 amide bonds. The standard InChI is InChI=1S/C108H101N3O2/c1-65-33-27-34-66(2)100(65)111-91-54-51-85(95-80(69-39-28-41-76(57-69)103(3,4)5)44-30-46-82(95)73-55-71(67-35-21-19-22-36-67)59-78(61-73)105(9,10)11)94(99(91)110-102(111)90-53-52-89-98(109-90)97-88(48-32-49-92(97)112)107(15,16)108(89,17)18)75-63-86-84-43-25-26-50-93(84)113-101(86)87(64-75)96-81(70-40-29-42-77(58-70)104(6,7)8)45-31-47-83(96)74-56-72(68-37-23-20-24-38-68)60-79(62-74)106(12,13)14/h19-64,112H,1-18H3. The highest BCUT2D eigenvalue weighted by Gasteiger charge is 2.48. The first-order valence-electron chi connectivity index (χ1n) is 40.2. The van der Waals surface area contributed by atoms with Gasteiger partial charge < -0.3 is 9.52 Å². The number of hydrogen-bond acceptors (Lipinski definition) is 4. The highest BCUT2D eigenvalue weighted by atomic mass is 16.3. The second-order valence-corrected chi connectivity index (χ2v) is 36.9. The number of aromatic nitrogens is 3. The van der Waals surface area contributed by atoms with Gasteiger partial charge >= 0.3 is 0 Å². The first-order chi connectivity index (χ1) is 53.8. The Morgan fingerprint density at radius 1 is 0.327 bits per heavy atom. The van der Waals surface area contributed by atoms with E-state index in [1.807, 2.05) is 12.1 Å². The molecule has 1 aliphatic carbocycles. The molecule has 560 valence electrons. The normalized spacial score (nSPS) is 13.6. The van der Waals surface area contributed by atoms with E-state index in [1.165, 1.54) is 22.3 Å². The van der Waals surface area contributed by atoms with Gasteiger partial charge in [-0.3, -0.25) is 4.57 Å². The number of para-hydroxylation sites is 2. The van der Waals surface area contributed by atoms with Crippen molar-refractivity contribution < 1.29 is 9.52 Å². The largest absolute Gasteiger partial charge is 0.507 e. The van der Waals surface area contributed by atoms with E-state index in [2.05, 4.69) is 396 Å². The summed E-state index contributed by atoms with van der Waals surface area (Å²) >= 11 is 0. The highest BCUT2D eigenvalue weighted by Crippen LogP contribution is 2.58. The summed E-state index contributed by atoms with van der Waals surface area (Å²) in [7, 11) is 0. The second-order valence-electron chi connectivity index (χ2n) is 36.9. The molecule has 0 saturated heterocycles. The summed E-state index contributed by atoms with van der Waals surface area (Å²) in [6, 6.07) is 104. The van der Waals surface area contributed by atoms with Crippen molar-refractivity contribution in [2.24, 2.45) is 0 Å². The van der Waals surface area contributed by atoms with E-state index in [-0.39, 0.29) is 38.2 Å². The van der Waals surface area contributed by atoms with Crippen molar-refractivity contribution in [2.75, 3.05) is 0 Å². The Labute approximate surface area is 667 Å². The molecule has 0 saturated carbocycles. The molecule has 1 aliphatic rings. The molecule has 3 aromatic heterocycles. The third-order valence-corrected chi connectivity index (χ3v) is 24.8. The molecule has 0 bridgehead atoms. The van der Waals surface area contributed by atoms with Gasteiger partial charge in [0, 0.05) is 38.4 Å². The number of pyridine rings is 1. The van der Waals surface area contributed by atoms with E-state index in [9.17, 15) is 5.11 Å². The van der Waals surface area contributed by atoms with Crippen LogP contribution < -0.4 is 0 Å². The molecular formula is C108H101N3O2. The lowest BCUT2D eigenvalue weighted by Gasteiger charge is -2.47. The maximum atomic E-state index is 12.3. The van der Waals surface area contributed by atoms with Crippen molar-refractivity contribution in [1.29, 1.82) is 0 Å². The molecule has 0 radical (unpaired) electrons. The Hall–Kier alpha value is -11.9. The molecule has 16 aromatic rings. The maximum absolute atomic E-state index is 12.3. The molecule has 17 rings (SSSR count). The minimum atomic E-state index is -0.379. The molecule has 5 nitrogen and oxygen atoms in total.